The number of primary amides is 1. The van der Waals surface area contributed by atoms with Gasteiger partial charge in [-0.2, -0.15) is 0 Å². The van der Waals surface area contributed by atoms with E-state index in [2.05, 4.69) is 10.3 Å². The Morgan fingerprint density at radius 1 is 1.79 bits per heavy atom. The molecule has 0 spiro atoms. The van der Waals surface area contributed by atoms with E-state index in [1.165, 1.54) is 0 Å². The van der Waals surface area contributed by atoms with Crippen molar-refractivity contribution < 1.29 is 4.79 Å². The van der Waals surface area contributed by atoms with E-state index in [-0.39, 0.29) is 0 Å². The summed E-state index contributed by atoms with van der Waals surface area (Å²) in [4.78, 5) is 14.8. The van der Waals surface area contributed by atoms with Gasteiger partial charge in [0.25, 0.3) is 0 Å². The van der Waals surface area contributed by atoms with Crippen molar-refractivity contribution in [3.63, 3.8) is 0 Å². The third-order valence-electron chi connectivity index (χ3n) is 1.70. The average Bonchev–Trinajstić information content (AvgIpc) is 2.51. The van der Waals surface area contributed by atoms with Crippen molar-refractivity contribution in [3.05, 3.63) is 16.1 Å². The fraction of sp³-hybridized carbons (Fsp3) is 0.500. The highest BCUT2D eigenvalue weighted by molar-refractivity contribution is 7.09. The first-order valence-corrected chi connectivity index (χ1v) is 5.14. The van der Waals surface area contributed by atoms with Gasteiger partial charge in [-0.15, -0.1) is 11.3 Å². The first kappa shape index (κ1) is 11.1. The number of aryl methyl sites for hydroxylation is 1. The fourth-order valence-corrected chi connectivity index (χ4v) is 1.56. The molecule has 0 radical (unpaired) electrons. The highest BCUT2D eigenvalue weighted by atomic mass is 32.1. The molecule has 0 aromatic carbocycles. The van der Waals surface area contributed by atoms with Crippen molar-refractivity contribution >= 4 is 17.2 Å². The number of carbonyl (C=O) groups excluding carboxylic acids is 1. The molecule has 1 amide bonds. The zero-order valence-corrected chi connectivity index (χ0v) is 8.80. The summed E-state index contributed by atoms with van der Waals surface area (Å²) < 4.78 is 0. The van der Waals surface area contributed by atoms with Crippen LogP contribution in [0.5, 0.6) is 0 Å². The molecule has 5 nitrogen and oxygen atoms in total. The molecule has 1 aromatic heterocycles. The van der Waals surface area contributed by atoms with Gasteiger partial charge in [0.05, 0.1) is 16.7 Å². The van der Waals surface area contributed by atoms with Crippen LogP contribution in [-0.2, 0) is 11.3 Å². The Bertz CT molecular complexity index is 312. The van der Waals surface area contributed by atoms with Crippen molar-refractivity contribution in [2.24, 2.45) is 11.5 Å². The predicted molar refractivity (Wildman–Crippen MR) is 55.7 cm³/mol. The lowest BCUT2D eigenvalue weighted by atomic mass is 10.3. The second-order valence-corrected chi connectivity index (χ2v) is 4.06. The molecule has 14 heavy (non-hydrogen) atoms. The lowest BCUT2D eigenvalue weighted by molar-refractivity contribution is -0.119. The number of nitrogens with zero attached hydrogens (tertiary/aromatic N) is 1. The normalized spacial score (nSPS) is 12.7. The van der Waals surface area contributed by atoms with Crippen molar-refractivity contribution in [2.75, 3.05) is 6.54 Å². The lowest BCUT2D eigenvalue weighted by Gasteiger charge is -2.07. The highest BCUT2D eigenvalue weighted by Crippen LogP contribution is 2.06. The van der Waals surface area contributed by atoms with E-state index in [1.54, 1.807) is 11.3 Å². The Morgan fingerprint density at radius 2 is 2.50 bits per heavy atom. The first-order valence-electron chi connectivity index (χ1n) is 4.26. The molecular weight excluding hydrogens is 200 g/mol. The maximum absolute atomic E-state index is 10.6. The molecule has 1 unspecified atom stereocenters. The molecule has 1 atom stereocenters. The standard InChI is InChI=1S/C8H14N4OS/c1-5-12-6(4-14-5)2-11-3-7(9)8(10)13/h4,7,11H,2-3,9H2,1H3,(H2,10,13). The van der Waals surface area contributed by atoms with Crippen molar-refractivity contribution in [1.82, 2.24) is 10.3 Å². The van der Waals surface area contributed by atoms with Crippen LogP contribution in [0, 0.1) is 6.92 Å². The summed E-state index contributed by atoms with van der Waals surface area (Å²) in [5.74, 6) is -0.494. The zero-order chi connectivity index (χ0) is 10.6. The summed E-state index contributed by atoms with van der Waals surface area (Å²) >= 11 is 1.60. The molecule has 0 fully saturated rings. The summed E-state index contributed by atoms with van der Waals surface area (Å²) in [5, 5.41) is 6.01. The maximum atomic E-state index is 10.6. The van der Waals surface area contributed by atoms with Crippen LogP contribution in [0.15, 0.2) is 5.38 Å². The lowest BCUT2D eigenvalue weighted by Crippen LogP contribution is -2.44. The van der Waals surface area contributed by atoms with Gasteiger partial charge in [-0.3, -0.25) is 4.79 Å². The molecular formula is C8H14N4OS. The molecule has 0 aliphatic carbocycles. The monoisotopic (exact) mass is 214 g/mol. The van der Waals surface area contributed by atoms with Crippen molar-refractivity contribution in [1.29, 1.82) is 0 Å². The van der Waals surface area contributed by atoms with Gasteiger partial charge in [0.1, 0.15) is 0 Å². The smallest absolute Gasteiger partial charge is 0.235 e. The van der Waals surface area contributed by atoms with Crippen LogP contribution in [-0.4, -0.2) is 23.5 Å². The Balaban J connectivity index is 2.25. The quantitative estimate of drug-likeness (QED) is 0.607. The molecule has 78 valence electrons. The third-order valence-corrected chi connectivity index (χ3v) is 2.52. The summed E-state index contributed by atoms with van der Waals surface area (Å²) in [6.45, 7) is 2.94. The number of nitrogens with two attached hydrogens (primary N) is 2. The van der Waals surface area contributed by atoms with Crippen molar-refractivity contribution in [2.45, 2.75) is 19.5 Å². The SMILES string of the molecule is Cc1nc(CNCC(N)C(N)=O)cs1. The third kappa shape index (κ3) is 3.41. The summed E-state index contributed by atoms with van der Waals surface area (Å²) in [6.07, 6.45) is 0. The number of hydrogen-bond donors (Lipinski definition) is 3. The molecule has 1 aromatic rings. The largest absolute Gasteiger partial charge is 0.368 e. The molecule has 0 aliphatic rings. The van der Waals surface area contributed by atoms with E-state index in [9.17, 15) is 4.79 Å². The van der Waals surface area contributed by atoms with Gasteiger partial charge in [-0.25, -0.2) is 4.98 Å². The van der Waals surface area contributed by atoms with E-state index < -0.39 is 11.9 Å². The summed E-state index contributed by atoms with van der Waals surface area (Å²) in [7, 11) is 0. The summed E-state index contributed by atoms with van der Waals surface area (Å²) in [5.41, 5.74) is 11.4. The van der Waals surface area contributed by atoms with E-state index >= 15 is 0 Å². The highest BCUT2D eigenvalue weighted by Gasteiger charge is 2.07. The Labute approximate surface area is 86.5 Å². The topological polar surface area (TPSA) is 94.0 Å². The Morgan fingerprint density at radius 3 is 3.00 bits per heavy atom. The van der Waals surface area contributed by atoms with Gasteiger partial charge in [0.2, 0.25) is 5.91 Å². The van der Waals surface area contributed by atoms with Gasteiger partial charge < -0.3 is 16.8 Å². The number of rotatable bonds is 5. The average molecular weight is 214 g/mol. The number of nitrogens with one attached hydrogen (secondary N) is 1. The number of amides is 1. The molecule has 0 saturated carbocycles. The molecule has 0 aliphatic heterocycles. The van der Waals surface area contributed by atoms with Crippen LogP contribution >= 0.6 is 11.3 Å². The number of aromatic nitrogens is 1. The Hall–Kier alpha value is -0.980. The number of hydrogen-bond acceptors (Lipinski definition) is 5. The molecule has 0 bridgehead atoms. The van der Waals surface area contributed by atoms with Gasteiger partial charge in [-0.1, -0.05) is 0 Å². The van der Waals surface area contributed by atoms with E-state index in [1.807, 2.05) is 12.3 Å². The molecule has 1 rings (SSSR count). The van der Waals surface area contributed by atoms with Crippen LogP contribution in [0.25, 0.3) is 0 Å². The minimum absolute atomic E-state index is 0.381. The zero-order valence-electron chi connectivity index (χ0n) is 7.99. The molecule has 0 saturated heterocycles. The molecule has 5 N–H and O–H groups in total. The molecule has 6 heteroatoms. The fourth-order valence-electron chi connectivity index (χ4n) is 0.946. The predicted octanol–water partition coefficient (Wildman–Crippen LogP) is -0.646. The maximum Gasteiger partial charge on any atom is 0.235 e. The number of carbonyl (C=O) groups is 1. The van der Waals surface area contributed by atoms with Gasteiger partial charge in [-0.05, 0) is 6.92 Å². The van der Waals surface area contributed by atoms with Gasteiger partial charge in [0, 0.05) is 18.5 Å². The van der Waals surface area contributed by atoms with E-state index in [0.717, 1.165) is 10.7 Å². The van der Waals surface area contributed by atoms with Gasteiger partial charge >= 0.3 is 0 Å². The first-order chi connectivity index (χ1) is 6.59. The second-order valence-electron chi connectivity index (χ2n) is 3.00. The van der Waals surface area contributed by atoms with Gasteiger partial charge in [0.15, 0.2) is 0 Å². The van der Waals surface area contributed by atoms with Crippen LogP contribution in [0.4, 0.5) is 0 Å². The van der Waals surface area contributed by atoms with Crippen LogP contribution in [0.1, 0.15) is 10.7 Å². The van der Waals surface area contributed by atoms with Crippen LogP contribution < -0.4 is 16.8 Å². The van der Waals surface area contributed by atoms with E-state index in [0.29, 0.717) is 13.1 Å². The minimum atomic E-state index is -0.630. The van der Waals surface area contributed by atoms with Crippen molar-refractivity contribution in [3.8, 4) is 0 Å². The van der Waals surface area contributed by atoms with Crippen LogP contribution in [0.2, 0.25) is 0 Å². The Kier molecular flexibility index (Phi) is 3.99. The number of thiazole rings is 1. The minimum Gasteiger partial charge on any atom is -0.368 e. The summed E-state index contributed by atoms with van der Waals surface area (Å²) in [6, 6.07) is -0.630. The second kappa shape index (κ2) is 5.04. The molecule has 1 heterocycles. The van der Waals surface area contributed by atoms with Crippen LogP contribution in [0.3, 0.4) is 0 Å². The van der Waals surface area contributed by atoms with E-state index in [4.69, 9.17) is 11.5 Å².